The van der Waals surface area contributed by atoms with E-state index >= 15 is 0 Å². The van der Waals surface area contributed by atoms with Gasteiger partial charge in [-0.2, -0.15) is 0 Å². The molecule has 0 saturated heterocycles. The Morgan fingerprint density at radius 2 is 0.629 bits per heavy atom. The van der Waals surface area contributed by atoms with E-state index in [2.05, 4.69) is 47.4 Å². The average molecular weight is 827 g/mol. The maximum absolute atomic E-state index is 12.4. The molecule has 12 heteroatoms. The van der Waals surface area contributed by atoms with Gasteiger partial charge in [0.15, 0.2) is 5.75 Å². The zero-order valence-corrected chi connectivity index (χ0v) is 34.1. The van der Waals surface area contributed by atoms with Gasteiger partial charge < -0.3 is 28.4 Å². The van der Waals surface area contributed by atoms with Crippen LogP contribution in [0.5, 0.6) is 34.5 Å². The number of hydrogen-bond acceptors (Lipinski definition) is 12. The predicted octanol–water partition coefficient (Wildman–Crippen LogP) is 6.84. The van der Waals surface area contributed by atoms with Gasteiger partial charge in [-0.1, -0.05) is 59.5 Å². The highest BCUT2D eigenvalue weighted by atomic mass is 16.6. The largest absolute Gasteiger partial charge is 0.427 e. The molecule has 0 spiro atoms. The lowest BCUT2D eigenvalue weighted by Crippen LogP contribution is -2.07. The van der Waals surface area contributed by atoms with Crippen LogP contribution >= 0.6 is 0 Å². The third kappa shape index (κ3) is 13.6. The minimum absolute atomic E-state index is 0.0246. The van der Waals surface area contributed by atoms with Crippen molar-refractivity contribution in [2.45, 2.75) is 41.5 Å². The molecule has 0 aliphatic rings. The highest BCUT2D eigenvalue weighted by Gasteiger charge is 2.15. The topological polar surface area (TPSA) is 158 Å². The molecular weight excluding hydrogens is 793 g/mol. The van der Waals surface area contributed by atoms with Gasteiger partial charge in [-0.25, -0.2) is 0 Å². The van der Waals surface area contributed by atoms with Gasteiger partial charge >= 0.3 is 35.8 Å². The van der Waals surface area contributed by atoms with Gasteiger partial charge in [0, 0.05) is 88.1 Å². The maximum atomic E-state index is 12.4. The molecule has 0 aliphatic heterocycles. The first-order valence-corrected chi connectivity index (χ1v) is 18.4. The van der Waals surface area contributed by atoms with Crippen LogP contribution in [0.1, 0.15) is 86.1 Å². The van der Waals surface area contributed by atoms with Crippen molar-refractivity contribution in [3.8, 4) is 81.9 Å². The molecule has 0 heterocycles. The van der Waals surface area contributed by atoms with Crippen LogP contribution in [0.25, 0.3) is 0 Å². The molecule has 0 radical (unpaired) electrons. The summed E-state index contributed by atoms with van der Waals surface area (Å²) < 4.78 is 31.9. The first-order valence-electron chi connectivity index (χ1n) is 18.4. The van der Waals surface area contributed by atoms with Gasteiger partial charge in [-0.05, 0) is 60.7 Å². The van der Waals surface area contributed by atoms with Crippen molar-refractivity contribution in [3.05, 3.63) is 142 Å². The van der Waals surface area contributed by atoms with Gasteiger partial charge in [0.2, 0.25) is 0 Å². The van der Waals surface area contributed by atoms with Gasteiger partial charge in [-0.15, -0.1) is 0 Å². The fraction of sp³-hybridized carbons (Fsp3) is 0.120. The maximum Gasteiger partial charge on any atom is 0.308 e. The van der Waals surface area contributed by atoms with E-state index in [1.54, 1.807) is 48.5 Å². The second-order valence-electron chi connectivity index (χ2n) is 12.9. The number of hydrogen-bond donors (Lipinski definition) is 0. The van der Waals surface area contributed by atoms with Gasteiger partial charge in [0.1, 0.15) is 28.7 Å². The van der Waals surface area contributed by atoms with Crippen molar-refractivity contribution >= 4 is 35.8 Å². The van der Waals surface area contributed by atoms with Crippen LogP contribution in [0, 0.1) is 47.4 Å². The normalized spacial score (nSPS) is 9.65. The summed E-state index contributed by atoms with van der Waals surface area (Å²) in [5.74, 6) is 21.5. The van der Waals surface area contributed by atoms with E-state index < -0.39 is 35.8 Å². The number of ether oxygens (including phenoxy) is 6. The van der Waals surface area contributed by atoms with Crippen LogP contribution < -0.4 is 28.4 Å². The SMILES string of the molecule is CC(=O)Oc1ccc(OC(C)=O)c(C#Cc2cccc(C#Cc3cc(OC(C)=O)cc(C#Cc4cccc(C#Cc5cc(OC(C)=O)ccc5OC(C)=O)c4)c3OC(C)=O)c2)c1. The van der Waals surface area contributed by atoms with Crippen LogP contribution in [-0.4, -0.2) is 35.8 Å². The minimum Gasteiger partial charge on any atom is -0.427 e. The highest BCUT2D eigenvalue weighted by molar-refractivity contribution is 5.76. The summed E-state index contributed by atoms with van der Waals surface area (Å²) in [6.07, 6.45) is 0. The number of benzene rings is 5. The van der Waals surface area contributed by atoms with Crippen LogP contribution in [0.15, 0.2) is 97.1 Å². The Balaban J connectivity index is 1.51. The molecule has 0 atom stereocenters. The molecule has 0 aliphatic carbocycles. The molecule has 0 bridgehead atoms. The molecule has 0 N–H and O–H groups in total. The fourth-order valence-electron chi connectivity index (χ4n) is 5.33. The Bertz CT molecular complexity index is 2730. The van der Waals surface area contributed by atoms with E-state index in [0.29, 0.717) is 33.4 Å². The lowest BCUT2D eigenvalue weighted by Gasteiger charge is -2.10. The van der Waals surface area contributed by atoms with E-state index in [0.717, 1.165) is 0 Å². The molecular formula is C50H34O12. The molecule has 0 aromatic heterocycles. The van der Waals surface area contributed by atoms with Crippen molar-refractivity contribution in [1.29, 1.82) is 0 Å². The molecule has 306 valence electrons. The zero-order valence-electron chi connectivity index (χ0n) is 34.1. The number of esters is 6. The first-order chi connectivity index (χ1) is 29.6. The fourth-order valence-corrected chi connectivity index (χ4v) is 5.33. The Kier molecular flexibility index (Phi) is 14.8. The standard InChI is InChI=1S/C50H34O12/c1-31(51)57-45-21-23-48(60-34(4)54)41(27-45)17-13-37-9-7-11-39(25-37)15-19-43-29-47(59-33(3)53)30-44(50(43)62-36(6)56)20-16-40-12-8-10-38(26-40)14-18-42-28-46(58-32(2)52)22-24-49(42)61-35(5)55/h7-12,21-30H,1-6H3. The summed E-state index contributed by atoms with van der Waals surface area (Å²) in [7, 11) is 0. The summed E-state index contributed by atoms with van der Waals surface area (Å²) >= 11 is 0. The van der Waals surface area contributed by atoms with Gasteiger partial charge in [-0.3, -0.25) is 28.8 Å². The molecule has 5 aromatic rings. The monoisotopic (exact) mass is 826 g/mol. The molecule has 0 fully saturated rings. The third-order valence-electron chi connectivity index (χ3n) is 7.59. The quantitative estimate of drug-likeness (QED) is 0.1000. The molecule has 0 saturated carbocycles. The summed E-state index contributed by atoms with van der Waals surface area (Å²) in [5.41, 5.74) is 3.08. The van der Waals surface area contributed by atoms with Crippen molar-refractivity contribution < 1.29 is 57.2 Å². The lowest BCUT2D eigenvalue weighted by molar-refractivity contribution is -0.133. The summed E-state index contributed by atoms with van der Waals surface area (Å²) in [5, 5.41) is 0. The molecule has 0 unspecified atom stereocenters. The highest BCUT2D eigenvalue weighted by Crippen LogP contribution is 2.30. The molecule has 62 heavy (non-hydrogen) atoms. The third-order valence-corrected chi connectivity index (χ3v) is 7.59. The smallest absolute Gasteiger partial charge is 0.308 e. The second kappa shape index (κ2) is 20.7. The first kappa shape index (κ1) is 44.3. The van der Waals surface area contributed by atoms with Crippen LogP contribution in [-0.2, 0) is 28.8 Å². The zero-order chi connectivity index (χ0) is 44.8. The summed E-state index contributed by atoms with van der Waals surface area (Å²) in [6.45, 7) is 7.49. The molecule has 5 aromatic carbocycles. The average Bonchev–Trinajstić information content (AvgIpc) is 3.19. The van der Waals surface area contributed by atoms with Gasteiger partial charge in [0.25, 0.3) is 0 Å². The van der Waals surface area contributed by atoms with Crippen LogP contribution in [0.2, 0.25) is 0 Å². The number of carbonyl (C=O) groups is 6. The van der Waals surface area contributed by atoms with E-state index in [1.807, 2.05) is 0 Å². The van der Waals surface area contributed by atoms with Crippen LogP contribution in [0.4, 0.5) is 0 Å². The Labute approximate surface area is 357 Å². The Morgan fingerprint density at radius 3 is 0.968 bits per heavy atom. The molecule has 5 rings (SSSR count). The van der Waals surface area contributed by atoms with Crippen molar-refractivity contribution in [3.63, 3.8) is 0 Å². The van der Waals surface area contributed by atoms with E-state index in [4.69, 9.17) is 28.4 Å². The van der Waals surface area contributed by atoms with Crippen LogP contribution in [0.3, 0.4) is 0 Å². The second-order valence-corrected chi connectivity index (χ2v) is 12.9. The molecule has 12 nitrogen and oxygen atoms in total. The van der Waals surface area contributed by atoms with E-state index in [9.17, 15) is 28.8 Å². The summed E-state index contributed by atoms with van der Waals surface area (Å²) in [6, 6.07) is 25.6. The van der Waals surface area contributed by atoms with E-state index in [-0.39, 0.29) is 45.6 Å². The van der Waals surface area contributed by atoms with Crippen molar-refractivity contribution in [2.75, 3.05) is 0 Å². The Morgan fingerprint density at radius 1 is 0.323 bits per heavy atom. The summed E-state index contributed by atoms with van der Waals surface area (Å²) in [4.78, 5) is 70.8. The minimum atomic E-state index is -0.650. The Hall–Kier alpha value is -8.84. The van der Waals surface area contributed by atoms with Crippen molar-refractivity contribution in [1.82, 2.24) is 0 Å². The van der Waals surface area contributed by atoms with E-state index in [1.165, 1.54) is 90.1 Å². The van der Waals surface area contributed by atoms with Gasteiger partial charge in [0.05, 0.1) is 22.3 Å². The number of carbonyl (C=O) groups excluding carboxylic acids is 6. The number of rotatable bonds is 6. The molecule has 0 amide bonds. The predicted molar refractivity (Wildman–Crippen MR) is 224 cm³/mol. The van der Waals surface area contributed by atoms with Crippen molar-refractivity contribution in [2.24, 2.45) is 0 Å². The lowest BCUT2D eigenvalue weighted by atomic mass is 10.1.